The van der Waals surface area contributed by atoms with Gasteiger partial charge in [-0.1, -0.05) is 17.7 Å². The zero-order valence-electron chi connectivity index (χ0n) is 12.0. The first-order valence-corrected chi connectivity index (χ1v) is 6.46. The molecule has 4 nitrogen and oxygen atoms in total. The molecule has 1 aliphatic heterocycles. The molecule has 0 saturated carbocycles. The number of carbonyl (C=O) groups excluding carboxylic acids is 1. The van der Waals surface area contributed by atoms with Crippen molar-refractivity contribution in [2.24, 2.45) is 5.41 Å². The number of anilines is 1. The number of aliphatic hydroxyl groups is 1. The van der Waals surface area contributed by atoms with Gasteiger partial charge in [-0.3, -0.25) is 4.79 Å². The maximum Gasteiger partial charge on any atom is 0.240 e. The summed E-state index contributed by atoms with van der Waals surface area (Å²) < 4.78 is 5.11. The van der Waals surface area contributed by atoms with Crippen LogP contribution in [0.2, 0.25) is 0 Å². The molecule has 1 aliphatic rings. The van der Waals surface area contributed by atoms with Gasteiger partial charge in [0.15, 0.2) is 0 Å². The number of rotatable bonds is 3. The SMILES string of the molecule is Cc1cc(C)c(N(C)C(=O)C2(CO)COC2)c(C)c1. The molecule has 104 valence electrons. The van der Waals surface area contributed by atoms with Gasteiger partial charge in [-0.15, -0.1) is 0 Å². The van der Waals surface area contributed by atoms with Crippen molar-refractivity contribution in [3.8, 4) is 0 Å². The fourth-order valence-corrected chi connectivity index (χ4v) is 2.79. The molecule has 1 heterocycles. The van der Waals surface area contributed by atoms with Gasteiger partial charge >= 0.3 is 0 Å². The molecule has 0 radical (unpaired) electrons. The second-order valence-electron chi connectivity index (χ2n) is 5.54. The fraction of sp³-hybridized carbons (Fsp3) is 0.533. The van der Waals surface area contributed by atoms with Gasteiger partial charge in [0.2, 0.25) is 5.91 Å². The number of ether oxygens (including phenoxy) is 1. The van der Waals surface area contributed by atoms with Gasteiger partial charge in [-0.25, -0.2) is 0 Å². The van der Waals surface area contributed by atoms with E-state index < -0.39 is 5.41 Å². The molecule has 0 aliphatic carbocycles. The lowest BCUT2D eigenvalue weighted by atomic mass is 9.85. The van der Waals surface area contributed by atoms with Crippen LogP contribution in [-0.2, 0) is 9.53 Å². The summed E-state index contributed by atoms with van der Waals surface area (Å²) in [6.45, 7) is 6.48. The molecule has 19 heavy (non-hydrogen) atoms. The van der Waals surface area contributed by atoms with Gasteiger partial charge in [0.1, 0.15) is 5.41 Å². The minimum atomic E-state index is -0.751. The van der Waals surface area contributed by atoms with Crippen LogP contribution in [0.3, 0.4) is 0 Å². The van der Waals surface area contributed by atoms with Crippen LogP contribution < -0.4 is 4.90 Å². The number of hydrogen-bond acceptors (Lipinski definition) is 3. The molecule has 1 aromatic rings. The van der Waals surface area contributed by atoms with Crippen LogP contribution in [0, 0.1) is 26.2 Å². The van der Waals surface area contributed by atoms with Gasteiger partial charge in [0.05, 0.1) is 19.8 Å². The summed E-state index contributed by atoms with van der Waals surface area (Å²) in [5.74, 6) is -0.0729. The van der Waals surface area contributed by atoms with E-state index in [2.05, 4.69) is 12.1 Å². The summed E-state index contributed by atoms with van der Waals surface area (Å²) in [4.78, 5) is 14.2. The summed E-state index contributed by atoms with van der Waals surface area (Å²) in [6.07, 6.45) is 0. The second-order valence-corrected chi connectivity index (χ2v) is 5.54. The molecule has 1 N–H and O–H groups in total. The summed E-state index contributed by atoms with van der Waals surface area (Å²) >= 11 is 0. The van der Waals surface area contributed by atoms with E-state index >= 15 is 0 Å². The molecule has 4 heteroatoms. The summed E-state index contributed by atoms with van der Waals surface area (Å²) in [5.41, 5.74) is 3.50. The molecule has 0 bridgehead atoms. The smallest absolute Gasteiger partial charge is 0.240 e. The number of nitrogens with zero attached hydrogens (tertiary/aromatic N) is 1. The van der Waals surface area contributed by atoms with E-state index in [9.17, 15) is 9.90 Å². The van der Waals surface area contributed by atoms with Crippen LogP contribution in [0.25, 0.3) is 0 Å². The molecular weight excluding hydrogens is 242 g/mol. The Balaban J connectivity index is 2.34. The Labute approximate surface area is 114 Å². The minimum absolute atomic E-state index is 0.0729. The van der Waals surface area contributed by atoms with Crippen LogP contribution in [0.5, 0.6) is 0 Å². The average molecular weight is 263 g/mol. The molecule has 0 spiro atoms. The fourth-order valence-electron chi connectivity index (χ4n) is 2.79. The molecule has 1 amide bonds. The molecule has 2 rings (SSSR count). The molecule has 1 saturated heterocycles. The Morgan fingerprint density at radius 2 is 1.84 bits per heavy atom. The van der Waals surface area contributed by atoms with E-state index in [1.807, 2.05) is 20.8 Å². The van der Waals surface area contributed by atoms with Crippen LogP contribution in [0.15, 0.2) is 12.1 Å². The maximum absolute atomic E-state index is 12.6. The Hall–Kier alpha value is -1.39. The summed E-state index contributed by atoms with van der Waals surface area (Å²) in [7, 11) is 1.77. The molecule has 1 aromatic carbocycles. The zero-order chi connectivity index (χ0) is 14.2. The van der Waals surface area contributed by atoms with E-state index in [0.717, 1.165) is 16.8 Å². The Morgan fingerprint density at radius 3 is 2.21 bits per heavy atom. The highest BCUT2D eigenvalue weighted by Gasteiger charge is 2.47. The lowest BCUT2D eigenvalue weighted by Gasteiger charge is -2.41. The first-order valence-electron chi connectivity index (χ1n) is 6.46. The summed E-state index contributed by atoms with van der Waals surface area (Å²) in [5, 5.41) is 9.46. The number of benzene rings is 1. The van der Waals surface area contributed by atoms with E-state index in [-0.39, 0.29) is 12.5 Å². The van der Waals surface area contributed by atoms with Crippen LogP contribution >= 0.6 is 0 Å². The van der Waals surface area contributed by atoms with E-state index in [1.165, 1.54) is 5.56 Å². The molecular formula is C15H21NO3. The quantitative estimate of drug-likeness (QED) is 0.901. The van der Waals surface area contributed by atoms with E-state index in [4.69, 9.17) is 4.74 Å². The number of carbonyl (C=O) groups is 1. The standard InChI is InChI=1S/C15H21NO3/c1-10-5-11(2)13(12(3)6-10)16(4)14(18)15(7-17)8-19-9-15/h5-6,17H,7-9H2,1-4H3. The number of hydrogen-bond donors (Lipinski definition) is 1. The van der Waals surface area contributed by atoms with Crippen molar-refractivity contribution in [3.05, 3.63) is 28.8 Å². The third-order valence-electron chi connectivity index (χ3n) is 3.79. The largest absolute Gasteiger partial charge is 0.395 e. The van der Waals surface area contributed by atoms with Crippen molar-refractivity contribution in [2.75, 3.05) is 31.8 Å². The Morgan fingerprint density at radius 1 is 1.32 bits per heavy atom. The highest BCUT2D eigenvalue weighted by atomic mass is 16.5. The van der Waals surface area contributed by atoms with Gasteiger partial charge in [-0.2, -0.15) is 0 Å². The number of amides is 1. The topological polar surface area (TPSA) is 49.8 Å². The Bertz CT molecular complexity index is 478. The first-order chi connectivity index (χ1) is 8.91. The third kappa shape index (κ3) is 2.26. The van der Waals surface area contributed by atoms with Gasteiger partial charge in [0.25, 0.3) is 0 Å². The predicted octanol–water partition coefficient (Wildman–Crippen LogP) is 1.58. The average Bonchev–Trinajstić information content (AvgIpc) is 2.26. The summed E-state index contributed by atoms with van der Waals surface area (Å²) in [6, 6.07) is 4.13. The van der Waals surface area contributed by atoms with Crippen molar-refractivity contribution in [3.63, 3.8) is 0 Å². The van der Waals surface area contributed by atoms with Crippen molar-refractivity contribution >= 4 is 11.6 Å². The van der Waals surface area contributed by atoms with E-state index in [1.54, 1.807) is 11.9 Å². The Kier molecular flexibility index (Phi) is 3.65. The molecule has 0 aromatic heterocycles. The maximum atomic E-state index is 12.6. The highest BCUT2D eigenvalue weighted by molar-refractivity contribution is 5.99. The van der Waals surface area contributed by atoms with Gasteiger partial charge < -0.3 is 14.7 Å². The highest BCUT2D eigenvalue weighted by Crippen LogP contribution is 2.33. The normalized spacial score (nSPS) is 16.9. The molecule has 0 atom stereocenters. The van der Waals surface area contributed by atoms with Crippen molar-refractivity contribution in [1.82, 2.24) is 0 Å². The lowest BCUT2D eigenvalue weighted by molar-refractivity contribution is -0.166. The van der Waals surface area contributed by atoms with Crippen LogP contribution in [-0.4, -0.2) is 37.9 Å². The second kappa shape index (κ2) is 4.94. The zero-order valence-corrected chi connectivity index (χ0v) is 12.0. The predicted molar refractivity (Wildman–Crippen MR) is 74.4 cm³/mol. The van der Waals surface area contributed by atoms with E-state index in [0.29, 0.717) is 13.2 Å². The van der Waals surface area contributed by atoms with Crippen molar-refractivity contribution in [1.29, 1.82) is 0 Å². The molecule has 1 fully saturated rings. The minimum Gasteiger partial charge on any atom is -0.395 e. The van der Waals surface area contributed by atoms with Gasteiger partial charge in [-0.05, 0) is 31.9 Å². The third-order valence-corrected chi connectivity index (χ3v) is 3.79. The lowest BCUT2D eigenvalue weighted by Crippen LogP contribution is -2.57. The molecule has 0 unspecified atom stereocenters. The van der Waals surface area contributed by atoms with Crippen molar-refractivity contribution < 1.29 is 14.6 Å². The monoisotopic (exact) mass is 263 g/mol. The van der Waals surface area contributed by atoms with Gasteiger partial charge in [0, 0.05) is 12.7 Å². The number of aliphatic hydroxyl groups excluding tert-OH is 1. The first kappa shape index (κ1) is 14.0. The van der Waals surface area contributed by atoms with Crippen molar-refractivity contribution in [2.45, 2.75) is 20.8 Å². The van der Waals surface area contributed by atoms with Crippen LogP contribution in [0.1, 0.15) is 16.7 Å². The van der Waals surface area contributed by atoms with Crippen LogP contribution in [0.4, 0.5) is 5.69 Å². The number of aryl methyl sites for hydroxylation is 3.